The fourth-order valence-corrected chi connectivity index (χ4v) is 2.93. The second kappa shape index (κ2) is 4.57. The molecule has 3 heteroatoms. The van der Waals surface area contributed by atoms with Gasteiger partial charge in [0.05, 0.1) is 6.54 Å². The summed E-state index contributed by atoms with van der Waals surface area (Å²) in [5.41, 5.74) is 0. The van der Waals surface area contributed by atoms with E-state index in [1.54, 1.807) is 0 Å². The first-order valence-electron chi connectivity index (χ1n) is 5.81. The molecular weight excluding hydrogens is 188 g/mol. The van der Waals surface area contributed by atoms with Gasteiger partial charge in [0, 0.05) is 12.6 Å². The second-order valence-electron chi connectivity index (χ2n) is 4.46. The molecule has 15 heavy (non-hydrogen) atoms. The van der Waals surface area contributed by atoms with Gasteiger partial charge >= 0.3 is 6.03 Å². The summed E-state index contributed by atoms with van der Waals surface area (Å²) < 4.78 is 0. The highest BCUT2D eigenvalue weighted by atomic mass is 16.2. The van der Waals surface area contributed by atoms with Crippen molar-refractivity contribution in [3.63, 3.8) is 0 Å². The summed E-state index contributed by atoms with van der Waals surface area (Å²) in [7, 11) is 0. The predicted octanol–water partition coefficient (Wildman–Crippen LogP) is 1.59. The zero-order valence-corrected chi connectivity index (χ0v) is 9.04. The zero-order valence-electron chi connectivity index (χ0n) is 9.04. The van der Waals surface area contributed by atoms with Gasteiger partial charge in [0.2, 0.25) is 0 Å². The topological polar surface area (TPSA) is 32.3 Å². The molecule has 3 nitrogen and oxygen atoms in total. The third-order valence-corrected chi connectivity index (χ3v) is 3.60. The highest BCUT2D eigenvalue weighted by Crippen LogP contribution is 2.36. The number of urea groups is 1. The van der Waals surface area contributed by atoms with Crippen LogP contribution in [0.4, 0.5) is 4.79 Å². The molecule has 0 spiro atoms. The van der Waals surface area contributed by atoms with Crippen LogP contribution in [-0.4, -0.2) is 30.1 Å². The number of likely N-dealkylation sites (tertiary alicyclic amines) is 1. The number of rotatable bonds is 1. The zero-order chi connectivity index (χ0) is 10.7. The minimum absolute atomic E-state index is 0.0320. The third kappa shape index (κ3) is 2.09. The lowest BCUT2D eigenvalue weighted by molar-refractivity contribution is 0.129. The molecular formula is C12H18N2O. The van der Waals surface area contributed by atoms with Crippen LogP contribution < -0.4 is 5.32 Å². The van der Waals surface area contributed by atoms with E-state index in [9.17, 15) is 4.79 Å². The lowest BCUT2D eigenvalue weighted by atomic mass is 9.92. The first-order valence-corrected chi connectivity index (χ1v) is 5.81. The first-order chi connectivity index (χ1) is 7.33. The largest absolute Gasteiger partial charge is 0.327 e. The Bertz CT molecular complexity index is 282. The molecule has 2 unspecified atom stereocenters. The lowest BCUT2D eigenvalue weighted by Crippen LogP contribution is -2.50. The third-order valence-electron chi connectivity index (χ3n) is 3.60. The van der Waals surface area contributed by atoms with Crippen LogP contribution in [0.3, 0.4) is 0 Å². The summed E-state index contributed by atoms with van der Waals surface area (Å²) >= 11 is 0. The molecule has 1 saturated carbocycles. The Morgan fingerprint density at radius 1 is 1.40 bits per heavy atom. The Labute approximate surface area is 91.2 Å². The van der Waals surface area contributed by atoms with E-state index in [0.29, 0.717) is 12.6 Å². The summed E-state index contributed by atoms with van der Waals surface area (Å²) in [6.45, 7) is 1.24. The van der Waals surface area contributed by atoms with Crippen molar-refractivity contribution < 1.29 is 4.79 Å². The molecule has 2 fully saturated rings. The molecule has 1 N–H and O–H groups in total. The average molecular weight is 206 g/mol. The van der Waals surface area contributed by atoms with Crippen molar-refractivity contribution in [2.24, 2.45) is 5.92 Å². The number of nitrogens with zero attached hydrogens (tertiary/aromatic N) is 1. The SMILES string of the molecule is C#CCNC(=O)N1CCCC2CCCC21. The maximum Gasteiger partial charge on any atom is 0.318 e. The van der Waals surface area contributed by atoms with Crippen LogP contribution in [0.25, 0.3) is 0 Å². The first kappa shape index (κ1) is 10.4. The molecule has 0 aromatic carbocycles. The molecule has 2 atom stereocenters. The molecule has 2 rings (SSSR count). The highest BCUT2D eigenvalue weighted by molar-refractivity contribution is 5.75. The fourth-order valence-electron chi connectivity index (χ4n) is 2.93. The number of carbonyl (C=O) groups is 1. The highest BCUT2D eigenvalue weighted by Gasteiger charge is 2.36. The molecule has 2 amide bonds. The number of terminal acetylenes is 1. The van der Waals surface area contributed by atoms with E-state index in [2.05, 4.69) is 11.2 Å². The van der Waals surface area contributed by atoms with Gasteiger partial charge in [-0.3, -0.25) is 0 Å². The van der Waals surface area contributed by atoms with Gasteiger partial charge in [0.25, 0.3) is 0 Å². The van der Waals surface area contributed by atoms with Crippen molar-refractivity contribution in [2.45, 2.75) is 38.1 Å². The number of fused-ring (bicyclic) bond motifs is 1. The van der Waals surface area contributed by atoms with E-state index in [-0.39, 0.29) is 6.03 Å². The summed E-state index contributed by atoms with van der Waals surface area (Å²) in [4.78, 5) is 13.8. The van der Waals surface area contributed by atoms with Crippen molar-refractivity contribution in [3.8, 4) is 12.3 Å². The maximum atomic E-state index is 11.8. The number of piperidine rings is 1. The number of amides is 2. The van der Waals surface area contributed by atoms with Gasteiger partial charge < -0.3 is 10.2 Å². The van der Waals surface area contributed by atoms with Crippen molar-refractivity contribution in [1.29, 1.82) is 0 Å². The van der Waals surface area contributed by atoms with Gasteiger partial charge in [-0.2, -0.15) is 0 Å². The second-order valence-corrected chi connectivity index (χ2v) is 4.46. The molecule has 0 aromatic heterocycles. The minimum atomic E-state index is 0.0320. The molecule has 1 heterocycles. The van der Waals surface area contributed by atoms with Crippen molar-refractivity contribution >= 4 is 6.03 Å². The predicted molar refractivity (Wildman–Crippen MR) is 59.3 cm³/mol. The molecule has 1 aliphatic heterocycles. The smallest absolute Gasteiger partial charge is 0.318 e. The Morgan fingerprint density at radius 3 is 3.00 bits per heavy atom. The molecule has 0 bridgehead atoms. The Kier molecular flexibility index (Phi) is 3.15. The van der Waals surface area contributed by atoms with Gasteiger partial charge in [0.1, 0.15) is 0 Å². The van der Waals surface area contributed by atoms with E-state index < -0.39 is 0 Å². The molecule has 82 valence electrons. The van der Waals surface area contributed by atoms with Gasteiger partial charge in [-0.25, -0.2) is 4.79 Å². The van der Waals surface area contributed by atoms with Crippen LogP contribution in [0.1, 0.15) is 32.1 Å². The van der Waals surface area contributed by atoms with Crippen LogP contribution in [-0.2, 0) is 0 Å². The number of hydrogen-bond acceptors (Lipinski definition) is 1. The van der Waals surface area contributed by atoms with Crippen molar-refractivity contribution in [2.75, 3.05) is 13.1 Å². The monoisotopic (exact) mass is 206 g/mol. The molecule has 1 aliphatic carbocycles. The summed E-state index contributed by atoms with van der Waals surface area (Å²) in [6.07, 6.45) is 11.3. The van der Waals surface area contributed by atoms with Crippen molar-refractivity contribution in [3.05, 3.63) is 0 Å². The Balaban J connectivity index is 1.95. The normalized spacial score (nSPS) is 29.4. The number of carbonyl (C=O) groups excluding carboxylic acids is 1. The maximum absolute atomic E-state index is 11.8. The van der Waals surface area contributed by atoms with Gasteiger partial charge in [-0.05, 0) is 31.6 Å². The average Bonchev–Trinajstić information content (AvgIpc) is 2.73. The van der Waals surface area contributed by atoms with Gasteiger partial charge in [-0.1, -0.05) is 12.3 Å². The van der Waals surface area contributed by atoms with Crippen LogP contribution in [0.15, 0.2) is 0 Å². The number of nitrogens with one attached hydrogen (secondary N) is 1. The van der Waals surface area contributed by atoms with E-state index in [1.165, 1.54) is 25.7 Å². The van der Waals surface area contributed by atoms with Gasteiger partial charge in [-0.15, -0.1) is 6.42 Å². The summed E-state index contributed by atoms with van der Waals surface area (Å²) in [6, 6.07) is 0.515. The summed E-state index contributed by atoms with van der Waals surface area (Å²) in [5, 5.41) is 2.77. The van der Waals surface area contributed by atoms with Crippen LogP contribution in [0.2, 0.25) is 0 Å². The van der Waals surface area contributed by atoms with E-state index >= 15 is 0 Å². The molecule has 0 radical (unpaired) electrons. The van der Waals surface area contributed by atoms with E-state index in [4.69, 9.17) is 6.42 Å². The van der Waals surface area contributed by atoms with E-state index in [0.717, 1.165) is 18.9 Å². The fraction of sp³-hybridized carbons (Fsp3) is 0.750. The quantitative estimate of drug-likeness (QED) is 0.649. The van der Waals surface area contributed by atoms with Gasteiger partial charge in [0.15, 0.2) is 0 Å². The van der Waals surface area contributed by atoms with E-state index in [1.807, 2.05) is 4.90 Å². The minimum Gasteiger partial charge on any atom is -0.327 e. The number of hydrogen-bond donors (Lipinski definition) is 1. The van der Waals surface area contributed by atoms with Crippen LogP contribution in [0, 0.1) is 18.3 Å². The Hall–Kier alpha value is -1.17. The van der Waals surface area contributed by atoms with Crippen LogP contribution >= 0.6 is 0 Å². The molecule has 1 saturated heterocycles. The molecule has 0 aromatic rings. The lowest BCUT2D eigenvalue weighted by Gasteiger charge is -2.37. The Morgan fingerprint density at radius 2 is 2.20 bits per heavy atom. The molecule has 2 aliphatic rings. The summed E-state index contributed by atoms with van der Waals surface area (Å²) in [5.74, 6) is 3.18. The standard InChI is InChI=1S/C12H18N2O/c1-2-8-13-12(15)14-9-4-6-10-5-3-7-11(10)14/h1,10-11H,3-9H2,(H,13,15). The van der Waals surface area contributed by atoms with Crippen LogP contribution in [0.5, 0.6) is 0 Å². The van der Waals surface area contributed by atoms with Crippen molar-refractivity contribution in [1.82, 2.24) is 10.2 Å².